The third-order valence-electron chi connectivity index (χ3n) is 3.21. The van der Waals surface area contributed by atoms with Crippen LogP contribution in [0.25, 0.3) is 0 Å². The normalized spacial score (nSPS) is 15.8. The maximum absolute atomic E-state index is 5.75. The second-order valence-corrected chi connectivity index (χ2v) is 4.53. The first-order valence-corrected chi connectivity index (χ1v) is 6.31. The van der Waals surface area contributed by atoms with Crippen molar-refractivity contribution in [3.8, 4) is 5.75 Å². The van der Waals surface area contributed by atoms with Crippen LogP contribution in [0.4, 0.5) is 0 Å². The molecule has 0 heterocycles. The predicted molar refractivity (Wildman–Crippen MR) is 66.7 cm³/mol. The smallest absolute Gasteiger partial charge is 0.119 e. The lowest BCUT2D eigenvalue weighted by Crippen LogP contribution is -2.19. The van der Waals surface area contributed by atoms with E-state index in [0.29, 0.717) is 0 Å². The van der Waals surface area contributed by atoms with Gasteiger partial charge in [-0.3, -0.25) is 0 Å². The van der Waals surface area contributed by atoms with Gasteiger partial charge in [-0.2, -0.15) is 0 Å². The van der Waals surface area contributed by atoms with Gasteiger partial charge in [-0.15, -0.1) is 0 Å². The SMILES string of the molecule is CCNCc1ccc(OCC2CCC2)cc1. The van der Waals surface area contributed by atoms with Crippen molar-refractivity contribution in [2.75, 3.05) is 13.2 Å². The van der Waals surface area contributed by atoms with Crippen molar-refractivity contribution in [1.82, 2.24) is 5.32 Å². The summed E-state index contributed by atoms with van der Waals surface area (Å²) in [7, 11) is 0. The Morgan fingerprint density at radius 2 is 2.00 bits per heavy atom. The molecular weight excluding hydrogens is 198 g/mol. The van der Waals surface area contributed by atoms with E-state index in [1.165, 1.54) is 24.8 Å². The van der Waals surface area contributed by atoms with Crippen molar-refractivity contribution >= 4 is 0 Å². The van der Waals surface area contributed by atoms with Gasteiger partial charge in [-0.1, -0.05) is 25.5 Å². The van der Waals surface area contributed by atoms with Gasteiger partial charge in [0.25, 0.3) is 0 Å². The molecule has 1 aliphatic rings. The summed E-state index contributed by atoms with van der Waals surface area (Å²) in [6, 6.07) is 8.42. The monoisotopic (exact) mass is 219 g/mol. The van der Waals surface area contributed by atoms with Crippen LogP contribution in [0.5, 0.6) is 5.75 Å². The molecule has 1 aromatic rings. The van der Waals surface area contributed by atoms with Crippen molar-refractivity contribution < 1.29 is 4.74 Å². The molecule has 88 valence electrons. The van der Waals surface area contributed by atoms with E-state index in [1.807, 2.05) is 0 Å². The molecule has 1 aromatic carbocycles. The minimum absolute atomic E-state index is 0.807. The van der Waals surface area contributed by atoms with Crippen LogP contribution in [-0.4, -0.2) is 13.2 Å². The predicted octanol–water partition coefficient (Wildman–Crippen LogP) is 2.98. The summed E-state index contributed by atoms with van der Waals surface area (Å²) in [4.78, 5) is 0. The molecule has 16 heavy (non-hydrogen) atoms. The van der Waals surface area contributed by atoms with Gasteiger partial charge in [0.15, 0.2) is 0 Å². The maximum Gasteiger partial charge on any atom is 0.119 e. The van der Waals surface area contributed by atoms with E-state index >= 15 is 0 Å². The van der Waals surface area contributed by atoms with Gasteiger partial charge in [-0.05, 0) is 43.0 Å². The van der Waals surface area contributed by atoms with Crippen LogP contribution in [0, 0.1) is 5.92 Å². The molecule has 0 bridgehead atoms. The minimum atomic E-state index is 0.807. The summed E-state index contributed by atoms with van der Waals surface area (Å²) >= 11 is 0. The van der Waals surface area contributed by atoms with E-state index in [9.17, 15) is 0 Å². The number of benzene rings is 1. The zero-order valence-electron chi connectivity index (χ0n) is 10.0. The van der Waals surface area contributed by atoms with Crippen LogP contribution in [0.15, 0.2) is 24.3 Å². The zero-order chi connectivity index (χ0) is 11.2. The molecule has 1 fully saturated rings. The fourth-order valence-electron chi connectivity index (χ4n) is 1.85. The van der Waals surface area contributed by atoms with Crippen LogP contribution < -0.4 is 10.1 Å². The minimum Gasteiger partial charge on any atom is -0.493 e. The summed E-state index contributed by atoms with van der Waals surface area (Å²) in [5.74, 6) is 1.81. The molecule has 2 heteroatoms. The Morgan fingerprint density at radius 1 is 1.25 bits per heavy atom. The van der Waals surface area contributed by atoms with Crippen molar-refractivity contribution in [2.45, 2.75) is 32.7 Å². The van der Waals surface area contributed by atoms with Crippen LogP contribution in [-0.2, 0) is 6.54 Å². The van der Waals surface area contributed by atoms with Gasteiger partial charge < -0.3 is 10.1 Å². The topological polar surface area (TPSA) is 21.3 Å². The van der Waals surface area contributed by atoms with Crippen LogP contribution in [0.1, 0.15) is 31.7 Å². The third-order valence-corrected chi connectivity index (χ3v) is 3.21. The number of rotatable bonds is 6. The second-order valence-electron chi connectivity index (χ2n) is 4.53. The molecule has 1 aliphatic carbocycles. The third kappa shape index (κ3) is 3.24. The van der Waals surface area contributed by atoms with Gasteiger partial charge in [0, 0.05) is 6.54 Å². The molecule has 0 aliphatic heterocycles. The van der Waals surface area contributed by atoms with E-state index in [0.717, 1.165) is 31.4 Å². The fraction of sp³-hybridized carbons (Fsp3) is 0.571. The Morgan fingerprint density at radius 3 is 2.56 bits per heavy atom. The van der Waals surface area contributed by atoms with Crippen molar-refractivity contribution in [3.63, 3.8) is 0 Å². The van der Waals surface area contributed by atoms with Crippen LogP contribution in [0.3, 0.4) is 0 Å². The van der Waals surface area contributed by atoms with Crippen molar-refractivity contribution in [2.24, 2.45) is 5.92 Å². The summed E-state index contributed by atoms with van der Waals surface area (Å²) in [6.07, 6.45) is 4.08. The summed E-state index contributed by atoms with van der Waals surface area (Å²) < 4.78 is 5.75. The molecule has 0 saturated heterocycles. The largest absolute Gasteiger partial charge is 0.493 e. The highest BCUT2D eigenvalue weighted by Gasteiger charge is 2.17. The summed E-state index contributed by atoms with van der Waals surface area (Å²) in [5, 5.41) is 3.31. The van der Waals surface area contributed by atoms with E-state index in [-0.39, 0.29) is 0 Å². The molecule has 2 nitrogen and oxygen atoms in total. The summed E-state index contributed by atoms with van der Waals surface area (Å²) in [6.45, 7) is 4.97. The first-order valence-electron chi connectivity index (χ1n) is 6.31. The Balaban J connectivity index is 1.76. The molecule has 0 unspecified atom stereocenters. The van der Waals surface area contributed by atoms with Gasteiger partial charge >= 0.3 is 0 Å². The van der Waals surface area contributed by atoms with E-state index in [2.05, 4.69) is 36.5 Å². The highest BCUT2D eigenvalue weighted by molar-refractivity contribution is 5.27. The zero-order valence-corrected chi connectivity index (χ0v) is 10.0. The molecule has 0 radical (unpaired) electrons. The Bertz CT molecular complexity index is 303. The average molecular weight is 219 g/mol. The van der Waals surface area contributed by atoms with Gasteiger partial charge in [-0.25, -0.2) is 0 Å². The van der Waals surface area contributed by atoms with E-state index in [4.69, 9.17) is 4.74 Å². The second kappa shape index (κ2) is 5.90. The van der Waals surface area contributed by atoms with Crippen LogP contribution in [0.2, 0.25) is 0 Å². The molecule has 2 rings (SSSR count). The molecule has 0 atom stereocenters. The highest BCUT2D eigenvalue weighted by atomic mass is 16.5. The summed E-state index contributed by atoms with van der Waals surface area (Å²) in [5.41, 5.74) is 1.32. The molecule has 1 N–H and O–H groups in total. The number of ether oxygens (including phenoxy) is 1. The van der Waals surface area contributed by atoms with Gasteiger partial charge in [0.05, 0.1) is 6.61 Å². The maximum atomic E-state index is 5.75. The van der Waals surface area contributed by atoms with E-state index < -0.39 is 0 Å². The Kier molecular flexibility index (Phi) is 4.23. The lowest BCUT2D eigenvalue weighted by molar-refractivity contribution is 0.180. The standard InChI is InChI=1S/C14H21NO/c1-2-15-10-12-6-8-14(9-7-12)16-11-13-4-3-5-13/h6-9,13,15H,2-5,10-11H2,1H3. The number of hydrogen-bond acceptors (Lipinski definition) is 2. The molecular formula is C14H21NO. The lowest BCUT2D eigenvalue weighted by atomic mass is 9.86. The van der Waals surface area contributed by atoms with Crippen molar-refractivity contribution in [1.29, 1.82) is 0 Å². The lowest BCUT2D eigenvalue weighted by Gasteiger charge is -2.25. The first-order chi connectivity index (χ1) is 7.88. The van der Waals surface area contributed by atoms with Crippen LogP contribution >= 0.6 is 0 Å². The molecule has 1 saturated carbocycles. The highest BCUT2D eigenvalue weighted by Crippen LogP contribution is 2.27. The van der Waals surface area contributed by atoms with Gasteiger partial charge in [0.1, 0.15) is 5.75 Å². The van der Waals surface area contributed by atoms with E-state index in [1.54, 1.807) is 0 Å². The Labute approximate surface area is 98.0 Å². The van der Waals surface area contributed by atoms with Gasteiger partial charge in [0.2, 0.25) is 0 Å². The number of nitrogens with one attached hydrogen (secondary N) is 1. The molecule has 0 spiro atoms. The quantitative estimate of drug-likeness (QED) is 0.794. The Hall–Kier alpha value is -1.02. The fourth-order valence-corrected chi connectivity index (χ4v) is 1.85. The average Bonchev–Trinajstić information content (AvgIpc) is 2.26. The molecule has 0 aromatic heterocycles. The molecule has 0 amide bonds. The van der Waals surface area contributed by atoms with Crippen molar-refractivity contribution in [3.05, 3.63) is 29.8 Å². The first kappa shape index (κ1) is 11.5. The number of hydrogen-bond donors (Lipinski definition) is 1.